The molecule has 0 saturated heterocycles. The van der Waals surface area contributed by atoms with Crippen LogP contribution < -0.4 is 10.2 Å². The van der Waals surface area contributed by atoms with Gasteiger partial charge in [0.15, 0.2) is 0 Å². The number of nitrogens with one attached hydrogen (secondary N) is 1. The zero-order chi connectivity index (χ0) is 25.0. The van der Waals surface area contributed by atoms with Crippen LogP contribution in [0.4, 0.5) is 0 Å². The van der Waals surface area contributed by atoms with Crippen LogP contribution >= 0.6 is 0 Å². The molecule has 1 aromatic rings. The maximum absolute atomic E-state index is 12.1. The SMILES string of the molecule is O=C(CCCCCCCCCCCCCCCO)NC(CO)CCC(=O)On1c(O)ccc1O. The molecule has 1 heterocycles. The Morgan fingerprint density at radius 1 is 0.765 bits per heavy atom. The Balaban J connectivity index is 2.00. The lowest BCUT2D eigenvalue weighted by Gasteiger charge is -2.16. The Kier molecular flexibility index (Phi) is 16.7. The molecule has 9 heteroatoms. The Morgan fingerprint density at radius 2 is 1.24 bits per heavy atom. The highest BCUT2D eigenvalue weighted by Crippen LogP contribution is 2.19. The van der Waals surface area contributed by atoms with Crippen molar-refractivity contribution in [2.24, 2.45) is 0 Å². The first-order valence-corrected chi connectivity index (χ1v) is 12.8. The van der Waals surface area contributed by atoms with E-state index in [2.05, 4.69) is 5.32 Å². The van der Waals surface area contributed by atoms with Gasteiger partial charge in [-0.2, -0.15) is 0 Å². The van der Waals surface area contributed by atoms with E-state index in [4.69, 9.17) is 9.94 Å². The quantitative estimate of drug-likeness (QED) is 0.168. The van der Waals surface area contributed by atoms with Gasteiger partial charge in [-0.3, -0.25) is 4.79 Å². The first-order valence-electron chi connectivity index (χ1n) is 12.8. The second-order valence-corrected chi connectivity index (χ2v) is 8.86. The number of carbonyl (C=O) groups excluding carboxylic acids is 2. The zero-order valence-electron chi connectivity index (χ0n) is 20.4. The molecule has 5 N–H and O–H groups in total. The number of aliphatic hydroxyl groups excluding tert-OH is 2. The van der Waals surface area contributed by atoms with E-state index in [-0.39, 0.29) is 25.4 Å². The molecule has 9 nitrogen and oxygen atoms in total. The lowest BCUT2D eigenvalue weighted by Crippen LogP contribution is -2.38. The third-order valence-corrected chi connectivity index (χ3v) is 5.84. The van der Waals surface area contributed by atoms with Crippen molar-refractivity contribution in [3.8, 4) is 11.8 Å². The van der Waals surface area contributed by atoms with Crippen LogP contribution in [-0.4, -0.2) is 56.3 Å². The molecular formula is C25H44N2O7. The van der Waals surface area contributed by atoms with E-state index >= 15 is 0 Å². The smallest absolute Gasteiger partial charge is 0.333 e. The first-order chi connectivity index (χ1) is 16.5. The fraction of sp³-hybridized carbons (Fsp3) is 0.760. The van der Waals surface area contributed by atoms with E-state index in [1.165, 1.54) is 63.5 Å². The van der Waals surface area contributed by atoms with Gasteiger partial charge in [0.05, 0.1) is 19.1 Å². The number of aromatic nitrogens is 1. The maximum Gasteiger partial charge on any atom is 0.333 e. The van der Waals surface area contributed by atoms with Crippen molar-refractivity contribution in [2.45, 2.75) is 109 Å². The van der Waals surface area contributed by atoms with Crippen LogP contribution in [0, 0.1) is 0 Å². The van der Waals surface area contributed by atoms with Gasteiger partial charge in [0.2, 0.25) is 17.7 Å². The third kappa shape index (κ3) is 14.1. The first kappa shape index (κ1) is 29.8. The van der Waals surface area contributed by atoms with E-state index in [0.29, 0.717) is 17.8 Å². The number of rotatable bonds is 21. The largest absolute Gasteiger partial charge is 0.492 e. The molecular weight excluding hydrogens is 440 g/mol. The summed E-state index contributed by atoms with van der Waals surface area (Å²) in [4.78, 5) is 28.8. The van der Waals surface area contributed by atoms with Gasteiger partial charge in [-0.1, -0.05) is 70.6 Å². The summed E-state index contributed by atoms with van der Waals surface area (Å²) in [6.07, 6.45) is 15.5. The van der Waals surface area contributed by atoms with Crippen molar-refractivity contribution in [2.75, 3.05) is 13.2 Å². The van der Waals surface area contributed by atoms with Crippen molar-refractivity contribution >= 4 is 11.9 Å². The molecule has 1 unspecified atom stereocenters. The van der Waals surface area contributed by atoms with E-state index in [9.17, 15) is 24.9 Å². The van der Waals surface area contributed by atoms with Crippen LogP contribution in [0.2, 0.25) is 0 Å². The lowest BCUT2D eigenvalue weighted by molar-refractivity contribution is -0.145. The van der Waals surface area contributed by atoms with Crippen LogP contribution in [-0.2, 0) is 9.59 Å². The van der Waals surface area contributed by atoms with Crippen molar-refractivity contribution in [3.05, 3.63) is 12.1 Å². The molecule has 1 rings (SSSR count). The lowest BCUT2D eigenvalue weighted by atomic mass is 10.0. The average molecular weight is 485 g/mol. The molecule has 0 saturated carbocycles. The number of hydrogen-bond acceptors (Lipinski definition) is 7. The molecule has 0 aliphatic carbocycles. The Morgan fingerprint density at radius 3 is 1.71 bits per heavy atom. The number of nitrogens with zero attached hydrogens (tertiary/aromatic N) is 1. The van der Waals surface area contributed by atoms with Crippen LogP contribution in [0.15, 0.2) is 12.1 Å². The summed E-state index contributed by atoms with van der Waals surface area (Å²) in [6, 6.07) is 1.82. The fourth-order valence-corrected chi connectivity index (χ4v) is 3.79. The molecule has 0 fully saturated rings. The molecule has 0 aromatic carbocycles. The highest BCUT2D eigenvalue weighted by molar-refractivity contribution is 5.76. The van der Waals surface area contributed by atoms with Crippen molar-refractivity contribution in [3.63, 3.8) is 0 Å². The fourth-order valence-electron chi connectivity index (χ4n) is 3.79. The van der Waals surface area contributed by atoms with Gasteiger partial charge in [0.25, 0.3) is 0 Å². The predicted molar refractivity (Wildman–Crippen MR) is 129 cm³/mol. The molecule has 0 aliphatic heterocycles. The number of amides is 1. The van der Waals surface area contributed by atoms with Gasteiger partial charge >= 0.3 is 5.97 Å². The van der Waals surface area contributed by atoms with Gasteiger partial charge in [-0.15, -0.1) is 4.73 Å². The molecule has 196 valence electrons. The van der Waals surface area contributed by atoms with E-state index in [1.807, 2.05) is 0 Å². The molecule has 1 atom stereocenters. The number of aromatic hydroxyl groups is 2. The summed E-state index contributed by atoms with van der Waals surface area (Å²) < 4.78 is 0.609. The monoisotopic (exact) mass is 484 g/mol. The van der Waals surface area contributed by atoms with Crippen molar-refractivity contribution < 1.29 is 34.9 Å². The van der Waals surface area contributed by atoms with Crippen LogP contribution in [0.1, 0.15) is 103 Å². The number of aliphatic hydroxyl groups is 2. The summed E-state index contributed by atoms with van der Waals surface area (Å²) in [7, 11) is 0. The predicted octanol–water partition coefficient (Wildman–Crippen LogP) is 3.57. The standard InChI is InChI=1S/C25H44N2O7/c28-19-13-11-9-7-5-3-1-2-4-6-8-10-12-14-22(30)26-21(20-29)15-18-25(33)34-27-23(31)16-17-24(27)32/h16-17,21,28-29,31-32H,1-15,18-20H2,(H,26,30). The van der Waals surface area contributed by atoms with Gasteiger partial charge in [0.1, 0.15) is 0 Å². The Labute approximate surface area is 203 Å². The summed E-state index contributed by atoms with van der Waals surface area (Å²) in [5.74, 6) is -1.65. The van der Waals surface area contributed by atoms with Gasteiger partial charge < -0.3 is 30.6 Å². The minimum atomic E-state index is -0.701. The molecule has 0 radical (unpaired) electrons. The number of hydrogen-bond donors (Lipinski definition) is 5. The second kappa shape index (κ2) is 19.1. The summed E-state index contributed by atoms with van der Waals surface area (Å²) >= 11 is 0. The van der Waals surface area contributed by atoms with Crippen LogP contribution in [0.5, 0.6) is 11.8 Å². The molecule has 34 heavy (non-hydrogen) atoms. The minimum absolute atomic E-state index is 0.0910. The summed E-state index contributed by atoms with van der Waals surface area (Å²) in [5, 5.41) is 39.9. The molecule has 1 amide bonds. The minimum Gasteiger partial charge on any atom is -0.492 e. The zero-order valence-corrected chi connectivity index (χ0v) is 20.4. The average Bonchev–Trinajstić information content (AvgIpc) is 3.13. The van der Waals surface area contributed by atoms with Crippen LogP contribution in [0.25, 0.3) is 0 Å². The molecule has 0 spiro atoms. The third-order valence-electron chi connectivity index (χ3n) is 5.84. The number of carbonyl (C=O) groups is 2. The molecule has 0 bridgehead atoms. The van der Waals surface area contributed by atoms with E-state index in [0.717, 1.165) is 32.1 Å². The molecule has 1 aromatic heterocycles. The van der Waals surface area contributed by atoms with Crippen molar-refractivity contribution in [1.29, 1.82) is 0 Å². The number of unbranched alkanes of at least 4 members (excludes halogenated alkanes) is 12. The van der Waals surface area contributed by atoms with Gasteiger partial charge in [0, 0.05) is 25.2 Å². The van der Waals surface area contributed by atoms with E-state index in [1.54, 1.807) is 0 Å². The Hall–Kier alpha value is -2.26. The maximum atomic E-state index is 12.1. The second-order valence-electron chi connectivity index (χ2n) is 8.86. The normalized spacial score (nSPS) is 11.9. The van der Waals surface area contributed by atoms with E-state index < -0.39 is 23.8 Å². The topological polar surface area (TPSA) is 141 Å². The highest BCUT2D eigenvalue weighted by Gasteiger charge is 2.16. The highest BCUT2D eigenvalue weighted by atomic mass is 16.7. The van der Waals surface area contributed by atoms with Crippen molar-refractivity contribution in [1.82, 2.24) is 10.0 Å². The van der Waals surface area contributed by atoms with Gasteiger partial charge in [-0.05, 0) is 19.3 Å². The van der Waals surface area contributed by atoms with Crippen LogP contribution in [0.3, 0.4) is 0 Å². The molecule has 0 aliphatic rings. The summed E-state index contributed by atoms with van der Waals surface area (Å²) in [6.45, 7) is 0.0177. The Bertz CT molecular complexity index is 659. The van der Waals surface area contributed by atoms with Gasteiger partial charge in [-0.25, -0.2) is 4.79 Å². The summed E-state index contributed by atoms with van der Waals surface area (Å²) in [5.41, 5.74) is 0.